The number of nitrogens with one attached hydrogen (secondary N) is 1. The number of benzene rings is 1. The summed E-state index contributed by atoms with van der Waals surface area (Å²) in [6, 6.07) is 6.26. The van der Waals surface area contributed by atoms with E-state index >= 15 is 0 Å². The average Bonchev–Trinajstić information content (AvgIpc) is 2.83. The molecule has 1 amide bonds. The molecule has 0 aromatic heterocycles. The van der Waals surface area contributed by atoms with Crippen molar-refractivity contribution in [1.29, 1.82) is 0 Å². The molecule has 0 bridgehead atoms. The predicted octanol–water partition coefficient (Wildman–Crippen LogP) is 0.514. The lowest BCUT2D eigenvalue weighted by Crippen LogP contribution is -2.29. The summed E-state index contributed by atoms with van der Waals surface area (Å²) in [7, 11) is -3.19. The molecule has 0 aliphatic carbocycles. The van der Waals surface area contributed by atoms with E-state index in [-0.39, 0.29) is 24.6 Å². The molecule has 1 aliphatic rings. The van der Waals surface area contributed by atoms with Gasteiger partial charge in [0, 0.05) is 25.2 Å². The third-order valence-electron chi connectivity index (χ3n) is 3.29. The van der Waals surface area contributed by atoms with Crippen molar-refractivity contribution in [1.82, 2.24) is 4.31 Å². The number of carboxylic acids is 1. The largest absolute Gasteiger partial charge is 0.482 e. The normalized spacial score (nSPS) is 16.9. The van der Waals surface area contributed by atoms with Gasteiger partial charge in [-0.2, -0.15) is 0 Å². The topological polar surface area (TPSA) is 113 Å². The molecule has 1 aromatic carbocycles. The highest BCUT2D eigenvalue weighted by molar-refractivity contribution is 7.89. The van der Waals surface area contributed by atoms with Crippen LogP contribution in [0.4, 0.5) is 5.69 Å². The van der Waals surface area contributed by atoms with E-state index in [9.17, 15) is 18.0 Å². The first-order chi connectivity index (χ1) is 10.9. The van der Waals surface area contributed by atoms with Gasteiger partial charge in [-0.05, 0) is 30.7 Å². The van der Waals surface area contributed by atoms with Crippen molar-refractivity contribution in [3.8, 4) is 5.75 Å². The maximum atomic E-state index is 11.8. The lowest BCUT2D eigenvalue weighted by molar-refractivity contribution is -0.139. The van der Waals surface area contributed by atoms with Gasteiger partial charge in [0.1, 0.15) is 5.75 Å². The number of anilines is 1. The van der Waals surface area contributed by atoms with E-state index in [0.29, 0.717) is 24.4 Å². The van der Waals surface area contributed by atoms with Crippen molar-refractivity contribution in [2.45, 2.75) is 12.8 Å². The maximum absolute atomic E-state index is 11.8. The first-order valence-corrected chi connectivity index (χ1v) is 8.70. The zero-order chi connectivity index (χ0) is 16.9. The Kier molecular flexibility index (Phi) is 5.56. The van der Waals surface area contributed by atoms with Gasteiger partial charge in [0.05, 0.1) is 5.75 Å². The van der Waals surface area contributed by atoms with Crippen LogP contribution in [0.5, 0.6) is 5.75 Å². The summed E-state index contributed by atoms with van der Waals surface area (Å²) in [4.78, 5) is 22.2. The minimum absolute atomic E-state index is 0.0799. The molecule has 1 aliphatic heterocycles. The summed E-state index contributed by atoms with van der Waals surface area (Å²) < 4.78 is 29.5. The van der Waals surface area contributed by atoms with Crippen LogP contribution in [0.15, 0.2) is 24.3 Å². The van der Waals surface area contributed by atoms with Crippen LogP contribution in [0.3, 0.4) is 0 Å². The van der Waals surface area contributed by atoms with Crippen molar-refractivity contribution in [2.75, 3.05) is 30.8 Å². The van der Waals surface area contributed by atoms with Crippen molar-refractivity contribution in [2.24, 2.45) is 0 Å². The molecule has 8 nitrogen and oxygen atoms in total. The van der Waals surface area contributed by atoms with Crippen molar-refractivity contribution < 1.29 is 27.9 Å². The van der Waals surface area contributed by atoms with E-state index in [1.165, 1.54) is 4.31 Å². The zero-order valence-electron chi connectivity index (χ0n) is 12.4. The first kappa shape index (κ1) is 17.2. The van der Waals surface area contributed by atoms with Gasteiger partial charge in [-0.25, -0.2) is 17.5 Å². The number of hydrogen-bond donors (Lipinski definition) is 2. The molecule has 0 atom stereocenters. The monoisotopic (exact) mass is 342 g/mol. The van der Waals surface area contributed by atoms with Crippen LogP contribution >= 0.6 is 0 Å². The summed E-state index contributed by atoms with van der Waals surface area (Å²) in [6.45, 7) is 0.204. The zero-order valence-corrected chi connectivity index (χ0v) is 13.2. The number of carboxylic acid groups (broad SMARTS) is 1. The molecule has 1 saturated heterocycles. The smallest absolute Gasteiger partial charge is 0.341 e. The Morgan fingerprint density at radius 1 is 1.26 bits per heavy atom. The minimum Gasteiger partial charge on any atom is -0.482 e. The molecule has 1 aromatic rings. The summed E-state index contributed by atoms with van der Waals surface area (Å²) in [6.07, 6.45) is 0.679. The number of sulfonamides is 1. The number of aliphatic carboxylic acids is 1. The van der Waals surface area contributed by atoms with E-state index < -0.39 is 22.6 Å². The van der Waals surface area contributed by atoms with Crippen LogP contribution in [0.25, 0.3) is 0 Å². The summed E-state index contributed by atoms with van der Waals surface area (Å²) >= 11 is 0. The Balaban J connectivity index is 1.80. The molecule has 1 heterocycles. The first-order valence-electron chi connectivity index (χ1n) is 7.09. The molecule has 126 valence electrons. The molecule has 2 N–H and O–H groups in total. The van der Waals surface area contributed by atoms with Crippen LogP contribution in [0, 0.1) is 0 Å². The van der Waals surface area contributed by atoms with Gasteiger partial charge in [0.15, 0.2) is 6.61 Å². The second kappa shape index (κ2) is 7.42. The fraction of sp³-hybridized carbons (Fsp3) is 0.429. The Labute approximate surface area is 134 Å². The highest BCUT2D eigenvalue weighted by Crippen LogP contribution is 2.17. The summed E-state index contributed by atoms with van der Waals surface area (Å²) in [5.41, 5.74) is 0.530. The quantitative estimate of drug-likeness (QED) is 0.747. The van der Waals surface area contributed by atoms with Crippen LogP contribution in [-0.4, -0.2) is 55.2 Å². The second-order valence-corrected chi connectivity index (χ2v) is 7.16. The number of nitrogens with zero attached hydrogens (tertiary/aromatic N) is 1. The van der Waals surface area contributed by atoms with E-state index in [4.69, 9.17) is 9.84 Å². The fourth-order valence-electron chi connectivity index (χ4n) is 2.17. The Morgan fingerprint density at radius 3 is 2.52 bits per heavy atom. The van der Waals surface area contributed by atoms with Gasteiger partial charge in [-0.3, -0.25) is 4.79 Å². The maximum Gasteiger partial charge on any atom is 0.341 e. The predicted molar refractivity (Wildman–Crippen MR) is 82.8 cm³/mol. The Bertz CT molecular complexity index is 671. The van der Waals surface area contributed by atoms with E-state index in [2.05, 4.69) is 5.32 Å². The van der Waals surface area contributed by atoms with Gasteiger partial charge >= 0.3 is 5.97 Å². The molecule has 0 spiro atoms. The van der Waals surface area contributed by atoms with Crippen LogP contribution in [-0.2, 0) is 19.6 Å². The number of amides is 1. The molecule has 9 heteroatoms. The number of hydrogen-bond acceptors (Lipinski definition) is 5. The standard InChI is InChI=1S/C14H18N2O6S/c17-13(6-8-16-7-1-9-23(16,20)21)15-11-2-4-12(5-3-11)22-10-14(18)19/h2-5H,1,6-10H2,(H,15,17)(H,18,19). The minimum atomic E-state index is -3.19. The fourth-order valence-corrected chi connectivity index (χ4v) is 3.70. The van der Waals surface area contributed by atoms with Crippen LogP contribution < -0.4 is 10.1 Å². The van der Waals surface area contributed by atoms with Crippen molar-refractivity contribution in [3.05, 3.63) is 24.3 Å². The van der Waals surface area contributed by atoms with Gasteiger partial charge < -0.3 is 15.2 Å². The van der Waals surface area contributed by atoms with Gasteiger partial charge in [-0.15, -0.1) is 0 Å². The van der Waals surface area contributed by atoms with E-state index in [1.807, 2.05) is 0 Å². The van der Waals surface area contributed by atoms with Crippen molar-refractivity contribution >= 4 is 27.6 Å². The molecule has 0 unspecified atom stereocenters. The average molecular weight is 342 g/mol. The van der Waals surface area contributed by atoms with E-state index in [1.54, 1.807) is 24.3 Å². The summed E-state index contributed by atoms with van der Waals surface area (Å²) in [5, 5.41) is 11.2. The van der Waals surface area contributed by atoms with Gasteiger partial charge in [-0.1, -0.05) is 0 Å². The third-order valence-corrected chi connectivity index (χ3v) is 5.25. The number of carbonyl (C=O) groups excluding carboxylic acids is 1. The highest BCUT2D eigenvalue weighted by atomic mass is 32.2. The number of rotatable bonds is 7. The Hall–Kier alpha value is -2.13. The molecule has 0 saturated carbocycles. The summed E-state index contributed by atoms with van der Waals surface area (Å²) in [5.74, 6) is -0.828. The lowest BCUT2D eigenvalue weighted by Gasteiger charge is -2.13. The van der Waals surface area contributed by atoms with Crippen LogP contribution in [0.1, 0.15) is 12.8 Å². The Morgan fingerprint density at radius 2 is 1.96 bits per heavy atom. The molecule has 1 fully saturated rings. The molecular weight excluding hydrogens is 324 g/mol. The van der Waals surface area contributed by atoms with E-state index in [0.717, 1.165) is 0 Å². The molecule has 0 radical (unpaired) electrons. The molecular formula is C14H18N2O6S. The van der Waals surface area contributed by atoms with Crippen LogP contribution in [0.2, 0.25) is 0 Å². The van der Waals surface area contributed by atoms with Gasteiger partial charge in [0.2, 0.25) is 15.9 Å². The highest BCUT2D eigenvalue weighted by Gasteiger charge is 2.28. The number of ether oxygens (including phenoxy) is 1. The lowest BCUT2D eigenvalue weighted by atomic mass is 10.3. The second-order valence-electron chi connectivity index (χ2n) is 5.07. The number of carbonyl (C=O) groups is 2. The van der Waals surface area contributed by atoms with Crippen molar-refractivity contribution in [3.63, 3.8) is 0 Å². The molecule has 23 heavy (non-hydrogen) atoms. The SMILES string of the molecule is O=C(O)COc1ccc(NC(=O)CCN2CCCS2(=O)=O)cc1. The molecule has 2 rings (SSSR count). The third kappa shape index (κ3) is 5.22. The van der Waals surface area contributed by atoms with Gasteiger partial charge in [0.25, 0.3) is 0 Å².